The summed E-state index contributed by atoms with van der Waals surface area (Å²) in [7, 11) is 0. The number of rotatable bonds is 4. The van der Waals surface area contributed by atoms with E-state index in [0.29, 0.717) is 21.8 Å². The van der Waals surface area contributed by atoms with E-state index in [2.05, 4.69) is 6.07 Å². The van der Waals surface area contributed by atoms with Gasteiger partial charge in [-0.2, -0.15) is 5.26 Å². The molecular weight excluding hydrogens is 330 g/mol. The van der Waals surface area contributed by atoms with Gasteiger partial charge in [0.15, 0.2) is 5.16 Å². The Morgan fingerprint density at radius 2 is 1.96 bits per heavy atom. The number of hydrogen-bond donors (Lipinski definition) is 0. The largest absolute Gasteiger partial charge is 0.268 e. The molecule has 0 radical (unpaired) electrons. The monoisotopic (exact) mass is 349 g/mol. The zero-order valence-electron chi connectivity index (χ0n) is 14.5. The molecule has 0 bridgehead atoms. The molecule has 0 aliphatic carbocycles. The van der Waals surface area contributed by atoms with E-state index in [1.54, 1.807) is 10.6 Å². The maximum atomic E-state index is 13.2. The van der Waals surface area contributed by atoms with Gasteiger partial charge >= 0.3 is 0 Å². The molecule has 0 aliphatic rings. The molecule has 0 saturated heterocycles. The fraction of sp³-hybridized carbons (Fsp3) is 0.250. The summed E-state index contributed by atoms with van der Waals surface area (Å²) in [5, 5.41) is 10.3. The number of aromatic nitrogens is 2. The van der Waals surface area contributed by atoms with E-state index in [9.17, 15) is 4.79 Å². The van der Waals surface area contributed by atoms with Gasteiger partial charge in [0.2, 0.25) is 0 Å². The molecule has 5 heteroatoms. The van der Waals surface area contributed by atoms with E-state index < -0.39 is 0 Å². The van der Waals surface area contributed by atoms with E-state index in [0.717, 1.165) is 16.8 Å². The average molecular weight is 349 g/mol. The highest BCUT2D eigenvalue weighted by atomic mass is 32.2. The van der Waals surface area contributed by atoms with Gasteiger partial charge in [-0.25, -0.2) is 4.98 Å². The Labute approximate surface area is 151 Å². The maximum Gasteiger partial charge on any atom is 0.266 e. The summed E-state index contributed by atoms with van der Waals surface area (Å²) in [6.07, 6.45) is 0. The standard InChI is InChI=1S/C20H19N3OS/c1-13(11-21)12-25-20-22-17-9-5-4-8-16(17)19(24)23(20)18-10-6-7-14(2)15(18)3/h4-10,13H,12H2,1-3H3/t13-/m0/s1. The number of aryl methyl sites for hydroxylation is 1. The van der Waals surface area contributed by atoms with Crippen LogP contribution in [0.3, 0.4) is 0 Å². The van der Waals surface area contributed by atoms with Crippen LogP contribution in [0.4, 0.5) is 0 Å². The summed E-state index contributed by atoms with van der Waals surface area (Å²) in [4.78, 5) is 17.9. The van der Waals surface area contributed by atoms with Crippen molar-refractivity contribution in [2.75, 3.05) is 5.75 Å². The van der Waals surface area contributed by atoms with Crippen molar-refractivity contribution in [2.24, 2.45) is 5.92 Å². The first-order valence-electron chi connectivity index (χ1n) is 8.13. The molecule has 0 amide bonds. The van der Waals surface area contributed by atoms with Crippen LogP contribution in [0.1, 0.15) is 18.1 Å². The smallest absolute Gasteiger partial charge is 0.266 e. The lowest BCUT2D eigenvalue weighted by atomic mass is 10.1. The van der Waals surface area contributed by atoms with Gasteiger partial charge in [0.1, 0.15) is 0 Å². The van der Waals surface area contributed by atoms with Gasteiger partial charge in [-0.15, -0.1) is 0 Å². The third-order valence-electron chi connectivity index (χ3n) is 4.24. The van der Waals surface area contributed by atoms with Crippen molar-refractivity contribution < 1.29 is 0 Å². The van der Waals surface area contributed by atoms with Gasteiger partial charge in [-0.3, -0.25) is 9.36 Å². The highest BCUT2D eigenvalue weighted by Crippen LogP contribution is 2.25. The van der Waals surface area contributed by atoms with Crippen LogP contribution >= 0.6 is 11.8 Å². The summed E-state index contributed by atoms with van der Waals surface area (Å²) in [6, 6.07) is 15.5. The zero-order chi connectivity index (χ0) is 18.0. The fourth-order valence-electron chi connectivity index (χ4n) is 2.64. The Hall–Kier alpha value is -2.58. The van der Waals surface area contributed by atoms with E-state index in [1.165, 1.54) is 11.8 Å². The van der Waals surface area contributed by atoms with Crippen LogP contribution in [0.25, 0.3) is 16.6 Å². The van der Waals surface area contributed by atoms with Crippen molar-refractivity contribution in [3.8, 4) is 11.8 Å². The third kappa shape index (κ3) is 3.31. The third-order valence-corrected chi connectivity index (χ3v) is 5.44. The molecule has 25 heavy (non-hydrogen) atoms. The summed E-state index contributed by atoms with van der Waals surface area (Å²) in [5.41, 5.74) is 3.62. The molecule has 1 heterocycles. The minimum atomic E-state index is -0.111. The fourth-order valence-corrected chi connectivity index (χ4v) is 3.58. The molecule has 0 aliphatic heterocycles. The van der Waals surface area contributed by atoms with Gasteiger partial charge in [0.25, 0.3) is 5.56 Å². The van der Waals surface area contributed by atoms with Crippen molar-refractivity contribution in [3.63, 3.8) is 0 Å². The van der Waals surface area contributed by atoms with Gasteiger partial charge in [0.05, 0.1) is 28.6 Å². The lowest BCUT2D eigenvalue weighted by Gasteiger charge is -2.16. The SMILES string of the molecule is Cc1cccc(-n2c(SC[C@@H](C)C#N)nc3ccccc3c2=O)c1C. The second kappa shape index (κ2) is 7.12. The molecule has 4 nitrogen and oxygen atoms in total. The highest BCUT2D eigenvalue weighted by molar-refractivity contribution is 7.99. The molecule has 1 atom stereocenters. The van der Waals surface area contributed by atoms with Crippen molar-refractivity contribution in [1.29, 1.82) is 5.26 Å². The molecule has 3 aromatic rings. The minimum absolute atomic E-state index is 0.0774. The Bertz CT molecular complexity index is 1030. The second-order valence-corrected chi connectivity index (χ2v) is 7.10. The molecule has 0 N–H and O–H groups in total. The summed E-state index contributed by atoms with van der Waals surface area (Å²) in [6.45, 7) is 5.91. The number of nitrogens with zero attached hydrogens (tertiary/aromatic N) is 3. The van der Waals surface area contributed by atoms with Crippen LogP contribution in [0.5, 0.6) is 0 Å². The van der Waals surface area contributed by atoms with Crippen LogP contribution in [-0.2, 0) is 0 Å². The molecule has 2 aromatic carbocycles. The van der Waals surface area contributed by atoms with Crippen molar-refractivity contribution in [1.82, 2.24) is 9.55 Å². The first-order valence-corrected chi connectivity index (χ1v) is 9.12. The Balaban J connectivity index is 2.27. The van der Waals surface area contributed by atoms with Crippen LogP contribution in [0, 0.1) is 31.1 Å². The van der Waals surface area contributed by atoms with Crippen LogP contribution in [-0.4, -0.2) is 15.3 Å². The first-order chi connectivity index (χ1) is 12.0. The lowest BCUT2D eigenvalue weighted by Crippen LogP contribution is -2.23. The lowest BCUT2D eigenvalue weighted by molar-refractivity contribution is 0.802. The summed E-state index contributed by atoms with van der Waals surface area (Å²) >= 11 is 1.45. The average Bonchev–Trinajstić information content (AvgIpc) is 2.62. The van der Waals surface area contributed by atoms with Crippen molar-refractivity contribution >= 4 is 22.7 Å². The van der Waals surface area contributed by atoms with Gasteiger partial charge in [-0.1, -0.05) is 36.0 Å². The first kappa shape index (κ1) is 17.2. The second-order valence-electron chi connectivity index (χ2n) is 6.11. The zero-order valence-corrected chi connectivity index (χ0v) is 15.3. The molecule has 0 saturated carbocycles. The van der Waals surface area contributed by atoms with Crippen LogP contribution in [0.2, 0.25) is 0 Å². The van der Waals surface area contributed by atoms with Crippen molar-refractivity contribution in [2.45, 2.75) is 25.9 Å². The molecule has 0 fully saturated rings. The van der Waals surface area contributed by atoms with E-state index in [4.69, 9.17) is 10.2 Å². The van der Waals surface area contributed by atoms with Gasteiger partial charge in [-0.05, 0) is 50.1 Å². The molecule has 0 spiro atoms. The normalized spacial score (nSPS) is 12.1. The number of fused-ring (bicyclic) bond motifs is 1. The molecule has 1 aromatic heterocycles. The number of hydrogen-bond acceptors (Lipinski definition) is 4. The van der Waals surface area contributed by atoms with Crippen molar-refractivity contribution in [3.05, 3.63) is 63.9 Å². The predicted molar refractivity (Wildman–Crippen MR) is 102 cm³/mol. The maximum absolute atomic E-state index is 13.2. The van der Waals surface area contributed by atoms with Gasteiger partial charge < -0.3 is 0 Å². The van der Waals surface area contributed by atoms with E-state index in [1.807, 2.05) is 57.2 Å². The quantitative estimate of drug-likeness (QED) is 0.522. The topological polar surface area (TPSA) is 58.7 Å². The Morgan fingerprint density at radius 3 is 2.72 bits per heavy atom. The van der Waals surface area contributed by atoms with Gasteiger partial charge in [0, 0.05) is 5.75 Å². The molecular formula is C20H19N3OS. The predicted octanol–water partition coefficient (Wildman–Crippen LogP) is 4.25. The Kier molecular flexibility index (Phi) is 4.91. The number of nitriles is 1. The van der Waals surface area contributed by atoms with Crippen LogP contribution < -0.4 is 5.56 Å². The Morgan fingerprint density at radius 1 is 1.20 bits per heavy atom. The number of benzene rings is 2. The highest BCUT2D eigenvalue weighted by Gasteiger charge is 2.16. The number of thioether (sulfide) groups is 1. The number of para-hydroxylation sites is 1. The minimum Gasteiger partial charge on any atom is -0.268 e. The summed E-state index contributed by atoms with van der Waals surface area (Å²) in [5.74, 6) is 0.479. The molecule has 0 unspecified atom stereocenters. The van der Waals surface area contributed by atoms with E-state index >= 15 is 0 Å². The molecule has 3 rings (SSSR count). The van der Waals surface area contributed by atoms with Crippen LogP contribution in [0.15, 0.2) is 52.4 Å². The molecule has 126 valence electrons. The summed E-state index contributed by atoms with van der Waals surface area (Å²) < 4.78 is 1.68. The van der Waals surface area contributed by atoms with E-state index in [-0.39, 0.29) is 11.5 Å².